The molecule has 3 aromatic rings. The summed E-state index contributed by atoms with van der Waals surface area (Å²) < 4.78 is 53.3. The second kappa shape index (κ2) is 9.14. The average Bonchev–Trinajstić information content (AvgIpc) is 3.20. The molecule has 32 heavy (non-hydrogen) atoms. The Morgan fingerprint density at radius 1 is 1.25 bits per heavy atom. The molecule has 3 unspecified atom stereocenters. The minimum absolute atomic E-state index is 0.0429. The van der Waals surface area contributed by atoms with Gasteiger partial charge in [0.05, 0.1) is 29.1 Å². The number of hydrogen-bond acceptors (Lipinski definition) is 4. The van der Waals surface area contributed by atoms with Crippen molar-refractivity contribution in [1.29, 1.82) is 5.26 Å². The Kier molecular flexibility index (Phi) is 6.47. The minimum Gasteiger partial charge on any atom is -0.353 e. The Morgan fingerprint density at radius 2 is 2.03 bits per heavy atom. The number of nitrogens with zero attached hydrogens (tertiary/aromatic N) is 2. The summed E-state index contributed by atoms with van der Waals surface area (Å²) in [5.41, 5.74) is 2.20. The van der Waals surface area contributed by atoms with Crippen LogP contribution in [0.25, 0.3) is 22.3 Å². The van der Waals surface area contributed by atoms with Gasteiger partial charge in [0.25, 0.3) is 0 Å². The molecule has 0 bridgehead atoms. The molecule has 0 saturated heterocycles. The van der Waals surface area contributed by atoms with Crippen molar-refractivity contribution in [2.24, 2.45) is 11.8 Å². The van der Waals surface area contributed by atoms with Gasteiger partial charge < -0.3 is 4.98 Å². The van der Waals surface area contributed by atoms with Gasteiger partial charge in [0.1, 0.15) is 23.9 Å². The van der Waals surface area contributed by atoms with E-state index in [1.807, 2.05) is 22.9 Å². The summed E-state index contributed by atoms with van der Waals surface area (Å²) in [6.45, 7) is -2.32. The maximum absolute atomic E-state index is 12.9. The molecule has 3 atom stereocenters. The zero-order chi connectivity index (χ0) is 22.9. The van der Waals surface area contributed by atoms with Crippen LogP contribution in [0.15, 0.2) is 47.5 Å². The summed E-state index contributed by atoms with van der Waals surface area (Å²) in [4.78, 5) is 7.19. The highest BCUT2D eigenvalue weighted by Gasteiger charge is 2.37. The fourth-order valence-electron chi connectivity index (χ4n) is 3.92. The smallest absolute Gasteiger partial charge is 0.243 e. The lowest BCUT2D eigenvalue weighted by Gasteiger charge is -2.35. The van der Waals surface area contributed by atoms with Crippen molar-refractivity contribution in [3.05, 3.63) is 48.2 Å². The maximum Gasteiger partial charge on any atom is 0.243 e. The summed E-state index contributed by atoms with van der Waals surface area (Å²) >= 11 is 6.64. The summed E-state index contributed by atoms with van der Waals surface area (Å²) in [5, 5.41) is 9.74. The highest BCUT2D eigenvalue weighted by Crippen LogP contribution is 2.46. The molecule has 2 aromatic heterocycles. The third-order valence-corrected chi connectivity index (χ3v) is 7.97. The number of halogens is 3. The first-order chi connectivity index (χ1) is 15.4. The first kappa shape index (κ1) is 22.6. The first-order valence-electron chi connectivity index (χ1n) is 10.1. The zero-order valence-electron chi connectivity index (χ0n) is 16.9. The molecule has 0 spiro atoms. The van der Waals surface area contributed by atoms with E-state index in [1.165, 1.54) is 18.3 Å². The van der Waals surface area contributed by atoms with Crippen LogP contribution in [-0.4, -0.2) is 37.8 Å². The van der Waals surface area contributed by atoms with Crippen molar-refractivity contribution in [1.82, 2.24) is 14.7 Å². The summed E-state index contributed by atoms with van der Waals surface area (Å²) in [7, 11) is -4.20. The van der Waals surface area contributed by atoms with Gasteiger partial charge in [0.2, 0.25) is 10.0 Å². The quantitative estimate of drug-likeness (QED) is 0.460. The summed E-state index contributed by atoms with van der Waals surface area (Å²) in [6, 6.07) is 11.0. The standard InChI is InChI=1S/C22H21ClF2N4O2S/c23-21(17-6-5-15(17)12-26)14-4-3-13-8-19(28-18(13)9-14)22-20(2-1-7-27-22)32(30,31)29-16(10-24)11-25/h1-4,7-9,15-17,21,28-29H,5-6,10-11H2. The van der Waals surface area contributed by atoms with E-state index in [4.69, 9.17) is 11.6 Å². The van der Waals surface area contributed by atoms with Gasteiger partial charge in [-0.15, -0.1) is 11.6 Å². The molecular formula is C22H21ClF2N4O2S. The number of hydrogen-bond donors (Lipinski definition) is 2. The number of sulfonamides is 1. The van der Waals surface area contributed by atoms with Gasteiger partial charge in [-0.25, -0.2) is 21.9 Å². The number of aromatic nitrogens is 2. The fourth-order valence-corrected chi connectivity index (χ4v) is 5.73. The number of nitriles is 1. The Hall–Kier alpha value is -2.54. The van der Waals surface area contributed by atoms with Crippen LogP contribution in [-0.2, 0) is 10.0 Å². The lowest BCUT2D eigenvalue weighted by atomic mass is 9.71. The van der Waals surface area contributed by atoms with Gasteiger partial charge >= 0.3 is 0 Å². The zero-order valence-corrected chi connectivity index (χ0v) is 18.5. The Morgan fingerprint density at radius 3 is 2.69 bits per heavy atom. The van der Waals surface area contributed by atoms with Crippen LogP contribution in [0.5, 0.6) is 0 Å². The van der Waals surface area contributed by atoms with Crippen LogP contribution in [0.1, 0.15) is 23.8 Å². The largest absolute Gasteiger partial charge is 0.353 e. The van der Waals surface area contributed by atoms with E-state index in [1.54, 1.807) is 6.07 Å². The van der Waals surface area contributed by atoms with E-state index < -0.39 is 29.4 Å². The van der Waals surface area contributed by atoms with Gasteiger partial charge in [0, 0.05) is 17.1 Å². The number of aromatic amines is 1. The van der Waals surface area contributed by atoms with Crippen molar-refractivity contribution in [3.63, 3.8) is 0 Å². The third-order valence-electron chi connectivity index (χ3n) is 5.84. The highest BCUT2D eigenvalue weighted by atomic mass is 35.5. The topological polar surface area (TPSA) is 98.6 Å². The fraction of sp³-hybridized carbons (Fsp3) is 0.364. The molecular weight excluding hydrogens is 458 g/mol. The number of rotatable bonds is 8. The second-order valence-electron chi connectivity index (χ2n) is 7.89. The van der Waals surface area contributed by atoms with E-state index in [0.29, 0.717) is 5.69 Å². The molecule has 1 aromatic carbocycles. The van der Waals surface area contributed by atoms with Crippen molar-refractivity contribution >= 4 is 32.5 Å². The van der Waals surface area contributed by atoms with Gasteiger partial charge in [0.15, 0.2) is 0 Å². The van der Waals surface area contributed by atoms with Gasteiger partial charge in [-0.2, -0.15) is 5.26 Å². The van der Waals surface area contributed by atoms with Crippen LogP contribution < -0.4 is 4.72 Å². The van der Waals surface area contributed by atoms with Crippen molar-refractivity contribution in [2.75, 3.05) is 13.3 Å². The lowest BCUT2D eigenvalue weighted by molar-refractivity contribution is 0.226. The lowest BCUT2D eigenvalue weighted by Crippen LogP contribution is -2.38. The number of pyridine rings is 1. The number of fused-ring (bicyclic) bond motifs is 1. The van der Waals surface area contributed by atoms with Crippen LogP contribution in [0.2, 0.25) is 0 Å². The van der Waals surface area contributed by atoms with Crippen molar-refractivity contribution in [2.45, 2.75) is 29.2 Å². The number of benzene rings is 1. The van der Waals surface area contributed by atoms with Gasteiger partial charge in [-0.3, -0.25) is 4.98 Å². The second-order valence-corrected chi connectivity index (χ2v) is 10.0. The van der Waals surface area contributed by atoms with Crippen LogP contribution in [0.3, 0.4) is 0 Å². The molecule has 1 saturated carbocycles. The van der Waals surface area contributed by atoms with E-state index in [2.05, 4.69) is 16.0 Å². The van der Waals surface area contributed by atoms with Crippen LogP contribution in [0.4, 0.5) is 8.78 Å². The molecule has 0 radical (unpaired) electrons. The Labute approximate surface area is 189 Å². The molecule has 0 aliphatic heterocycles. The Bertz CT molecular complexity index is 1270. The average molecular weight is 479 g/mol. The molecule has 6 nitrogen and oxygen atoms in total. The molecule has 4 rings (SSSR count). The molecule has 1 aliphatic rings. The monoisotopic (exact) mass is 478 g/mol. The molecule has 1 aliphatic carbocycles. The molecule has 168 valence electrons. The highest BCUT2D eigenvalue weighted by molar-refractivity contribution is 7.89. The summed E-state index contributed by atoms with van der Waals surface area (Å²) in [5.74, 6) is 0.0600. The SMILES string of the molecule is N#CC1CCC1C(Cl)c1ccc2cc(-c3ncccc3S(=O)(=O)NC(CF)CF)[nH]c2c1. The van der Waals surface area contributed by atoms with Crippen LogP contribution >= 0.6 is 11.6 Å². The van der Waals surface area contributed by atoms with E-state index in [-0.39, 0.29) is 27.8 Å². The van der Waals surface area contributed by atoms with Crippen LogP contribution in [0, 0.1) is 23.2 Å². The van der Waals surface area contributed by atoms with Gasteiger partial charge in [-0.05, 0) is 48.6 Å². The molecule has 10 heteroatoms. The first-order valence-corrected chi connectivity index (χ1v) is 12.1. The molecule has 0 amide bonds. The summed E-state index contributed by atoms with van der Waals surface area (Å²) in [6.07, 6.45) is 3.21. The van der Waals surface area contributed by atoms with E-state index in [9.17, 15) is 22.5 Å². The van der Waals surface area contributed by atoms with Gasteiger partial charge in [-0.1, -0.05) is 12.1 Å². The third kappa shape index (κ3) is 4.22. The van der Waals surface area contributed by atoms with Crippen molar-refractivity contribution < 1.29 is 17.2 Å². The maximum atomic E-state index is 12.9. The molecule has 2 N–H and O–H groups in total. The van der Waals surface area contributed by atoms with E-state index in [0.717, 1.165) is 29.3 Å². The predicted molar refractivity (Wildman–Crippen MR) is 118 cm³/mol. The number of alkyl halides is 3. The number of H-pyrrole nitrogens is 1. The Balaban J connectivity index is 1.69. The van der Waals surface area contributed by atoms with Crippen molar-refractivity contribution in [3.8, 4) is 17.5 Å². The molecule has 2 heterocycles. The molecule has 1 fully saturated rings. The minimum atomic E-state index is -4.20. The van der Waals surface area contributed by atoms with E-state index >= 15 is 0 Å². The predicted octanol–water partition coefficient (Wildman–Crippen LogP) is 4.65. The normalized spacial score (nSPS) is 19.6. The number of nitrogens with one attached hydrogen (secondary N) is 2.